The van der Waals surface area contributed by atoms with E-state index in [0.717, 1.165) is 12.0 Å². The van der Waals surface area contributed by atoms with Crippen LogP contribution in [0.15, 0.2) is 34.7 Å². The minimum Gasteiger partial charge on any atom is -0.461 e. The van der Waals surface area contributed by atoms with Crippen molar-refractivity contribution in [2.45, 2.75) is 51.4 Å². The molecular formula is C16H24OSi. The monoisotopic (exact) mass is 260 g/mol. The second-order valence-electron chi connectivity index (χ2n) is 5.31. The molecule has 0 atom stereocenters. The molecule has 0 unspecified atom stereocenters. The highest BCUT2D eigenvalue weighted by Gasteiger charge is 2.26. The van der Waals surface area contributed by atoms with E-state index < -0.39 is 8.07 Å². The highest BCUT2D eigenvalue weighted by molar-refractivity contribution is 6.79. The van der Waals surface area contributed by atoms with Gasteiger partial charge in [0.1, 0.15) is 11.3 Å². The lowest BCUT2D eigenvalue weighted by atomic mass is 10.2. The van der Waals surface area contributed by atoms with E-state index in [-0.39, 0.29) is 0 Å². The second-order valence-corrected chi connectivity index (χ2v) is 10.9. The first-order valence-corrected chi connectivity index (χ1v) is 10.0. The van der Waals surface area contributed by atoms with Gasteiger partial charge in [-0.25, -0.2) is 0 Å². The largest absolute Gasteiger partial charge is 0.461 e. The minimum atomic E-state index is -1.01. The highest BCUT2D eigenvalue weighted by atomic mass is 28.3. The molecular weight excluding hydrogens is 236 g/mol. The van der Waals surface area contributed by atoms with Crippen LogP contribution in [0.2, 0.25) is 24.2 Å². The van der Waals surface area contributed by atoms with Crippen LogP contribution in [0.4, 0.5) is 0 Å². The first kappa shape index (κ1) is 13.4. The number of fused-ring (bicyclic) bond motifs is 1. The van der Waals surface area contributed by atoms with Gasteiger partial charge in [0.25, 0.3) is 0 Å². The molecule has 0 aliphatic heterocycles. The van der Waals surface area contributed by atoms with Crippen molar-refractivity contribution in [2.75, 3.05) is 0 Å². The first-order valence-electron chi connectivity index (χ1n) is 7.20. The van der Waals surface area contributed by atoms with Crippen LogP contribution in [0, 0.1) is 0 Å². The molecule has 0 amide bonds. The van der Waals surface area contributed by atoms with Gasteiger partial charge in [-0.2, -0.15) is 0 Å². The van der Waals surface area contributed by atoms with Crippen LogP contribution in [0.25, 0.3) is 11.0 Å². The summed E-state index contributed by atoms with van der Waals surface area (Å²) >= 11 is 0. The fraction of sp³-hybridized carbons (Fsp3) is 0.500. The van der Waals surface area contributed by atoms with Crippen molar-refractivity contribution in [1.82, 2.24) is 0 Å². The van der Waals surface area contributed by atoms with E-state index in [9.17, 15) is 0 Å². The lowest BCUT2D eigenvalue weighted by Crippen LogP contribution is -2.31. The van der Waals surface area contributed by atoms with Gasteiger partial charge in [0.2, 0.25) is 0 Å². The number of para-hydroxylation sites is 1. The van der Waals surface area contributed by atoms with Crippen LogP contribution in [-0.2, 0) is 6.42 Å². The molecule has 0 N–H and O–H groups in total. The maximum atomic E-state index is 5.92. The van der Waals surface area contributed by atoms with Gasteiger partial charge in [-0.15, -0.1) is 0 Å². The molecule has 0 aliphatic rings. The number of rotatable bonds is 6. The molecule has 2 rings (SSSR count). The molecule has 1 aromatic carbocycles. The van der Waals surface area contributed by atoms with Crippen LogP contribution in [0.3, 0.4) is 0 Å². The lowest BCUT2D eigenvalue weighted by Gasteiger charge is -2.27. The zero-order valence-electron chi connectivity index (χ0n) is 11.8. The van der Waals surface area contributed by atoms with Crippen molar-refractivity contribution in [3.63, 3.8) is 0 Å². The number of furan rings is 1. The quantitative estimate of drug-likeness (QED) is 0.626. The molecule has 0 fully saturated rings. The van der Waals surface area contributed by atoms with Crippen LogP contribution in [-0.4, -0.2) is 8.07 Å². The fourth-order valence-electron chi connectivity index (χ4n) is 2.83. The van der Waals surface area contributed by atoms with E-state index in [2.05, 4.69) is 45.0 Å². The van der Waals surface area contributed by atoms with Crippen molar-refractivity contribution in [1.29, 1.82) is 0 Å². The highest BCUT2D eigenvalue weighted by Crippen LogP contribution is 2.28. The Morgan fingerprint density at radius 3 is 2.28 bits per heavy atom. The van der Waals surface area contributed by atoms with Crippen molar-refractivity contribution in [3.8, 4) is 0 Å². The Kier molecular flexibility index (Phi) is 4.28. The molecule has 0 radical (unpaired) electrons. The van der Waals surface area contributed by atoms with Gasteiger partial charge in [0.05, 0.1) is 8.07 Å². The Morgan fingerprint density at radius 1 is 1.00 bits per heavy atom. The molecule has 1 aromatic heterocycles. The lowest BCUT2D eigenvalue weighted by molar-refractivity contribution is 0.555. The minimum absolute atomic E-state index is 1.01. The maximum Gasteiger partial charge on any atom is 0.134 e. The third kappa shape index (κ3) is 2.69. The molecule has 0 aliphatic carbocycles. The topological polar surface area (TPSA) is 13.1 Å². The Hall–Kier alpha value is -1.02. The number of hydrogen-bond donors (Lipinski definition) is 0. The molecule has 0 spiro atoms. The van der Waals surface area contributed by atoms with Crippen molar-refractivity contribution in [3.05, 3.63) is 36.1 Å². The van der Waals surface area contributed by atoms with Gasteiger partial charge < -0.3 is 4.42 Å². The SMILES string of the molecule is CC[Si](CC)(CC)CCc1cc2ccccc2o1. The van der Waals surface area contributed by atoms with Gasteiger partial charge in [-0.3, -0.25) is 0 Å². The number of hydrogen-bond acceptors (Lipinski definition) is 1. The number of benzene rings is 1. The summed E-state index contributed by atoms with van der Waals surface area (Å²) in [4.78, 5) is 0. The van der Waals surface area contributed by atoms with Gasteiger partial charge >= 0.3 is 0 Å². The molecule has 1 nitrogen and oxygen atoms in total. The van der Waals surface area contributed by atoms with Gasteiger partial charge in [-0.1, -0.05) is 63.1 Å². The van der Waals surface area contributed by atoms with Crippen molar-refractivity contribution in [2.24, 2.45) is 0 Å². The van der Waals surface area contributed by atoms with E-state index in [1.165, 1.54) is 35.3 Å². The molecule has 2 aromatic rings. The Morgan fingerprint density at radius 2 is 1.67 bits per heavy atom. The van der Waals surface area contributed by atoms with Crippen LogP contribution in [0.1, 0.15) is 26.5 Å². The van der Waals surface area contributed by atoms with E-state index >= 15 is 0 Å². The molecule has 2 heteroatoms. The van der Waals surface area contributed by atoms with Crippen LogP contribution < -0.4 is 0 Å². The van der Waals surface area contributed by atoms with Gasteiger partial charge in [0.15, 0.2) is 0 Å². The standard InChI is InChI=1S/C16H24OSi/c1-4-18(5-2,6-3)12-11-15-13-14-9-7-8-10-16(14)17-15/h7-10,13H,4-6,11-12H2,1-3H3. The normalized spacial score (nSPS) is 12.2. The van der Waals surface area contributed by atoms with Crippen LogP contribution >= 0.6 is 0 Å². The molecule has 0 saturated carbocycles. The predicted molar refractivity (Wildman–Crippen MR) is 81.9 cm³/mol. The summed E-state index contributed by atoms with van der Waals surface area (Å²) < 4.78 is 5.92. The Balaban J connectivity index is 2.09. The van der Waals surface area contributed by atoms with E-state index in [1.54, 1.807) is 0 Å². The Labute approximate surface area is 111 Å². The van der Waals surface area contributed by atoms with Crippen molar-refractivity contribution >= 4 is 19.0 Å². The maximum absolute atomic E-state index is 5.92. The summed E-state index contributed by atoms with van der Waals surface area (Å²) in [5.74, 6) is 1.17. The second kappa shape index (κ2) is 5.74. The summed E-state index contributed by atoms with van der Waals surface area (Å²) in [6.45, 7) is 7.12. The first-order chi connectivity index (χ1) is 8.73. The average Bonchev–Trinajstić information content (AvgIpc) is 2.84. The van der Waals surface area contributed by atoms with E-state index in [0.29, 0.717) is 0 Å². The van der Waals surface area contributed by atoms with Crippen LogP contribution in [0.5, 0.6) is 0 Å². The fourth-order valence-corrected chi connectivity index (χ4v) is 6.17. The molecule has 1 heterocycles. The molecule has 18 heavy (non-hydrogen) atoms. The zero-order chi connectivity index (χ0) is 13.0. The van der Waals surface area contributed by atoms with Gasteiger partial charge in [-0.05, 0) is 12.1 Å². The summed E-state index contributed by atoms with van der Waals surface area (Å²) in [6, 6.07) is 16.1. The third-order valence-electron chi connectivity index (χ3n) is 4.63. The average molecular weight is 260 g/mol. The molecule has 0 bridgehead atoms. The van der Waals surface area contributed by atoms with E-state index in [4.69, 9.17) is 4.42 Å². The summed E-state index contributed by atoms with van der Waals surface area (Å²) in [6.07, 6.45) is 1.12. The Bertz CT molecular complexity index is 455. The third-order valence-corrected chi connectivity index (χ3v) is 10.4. The predicted octanol–water partition coefficient (Wildman–Crippen LogP) is 5.48. The van der Waals surface area contributed by atoms with Gasteiger partial charge in [0, 0.05) is 11.8 Å². The summed E-state index contributed by atoms with van der Waals surface area (Å²) in [7, 11) is -1.01. The summed E-state index contributed by atoms with van der Waals surface area (Å²) in [5, 5.41) is 1.24. The summed E-state index contributed by atoms with van der Waals surface area (Å²) in [5.41, 5.74) is 1.03. The molecule has 0 saturated heterocycles. The van der Waals surface area contributed by atoms with Crippen molar-refractivity contribution < 1.29 is 4.42 Å². The zero-order valence-corrected chi connectivity index (χ0v) is 12.8. The smallest absolute Gasteiger partial charge is 0.134 e. The number of aryl methyl sites for hydroxylation is 1. The van der Waals surface area contributed by atoms with E-state index in [1.807, 2.05) is 6.07 Å². The molecule has 98 valence electrons.